The molecule has 2 aromatic carbocycles. The van der Waals surface area contributed by atoms with Crippen LogP contribution in [0.3, 0.4) is 0 Å². The molecule has 0 radical (unpaired) electrons. The summed E-state index contributed by atoms with van der Waals surface area (Å²) >= 11 is 3.29. The van der Waals surface area contributed by atoms with Crippen molar-refractivity contribution >= 4 is 33.5 Å². The number of amides is 1. The average Bonchev–Trinajstić information content (AvgIpc) is 2.57. The van der Waals surface area contributed by atoms with Gasteiger partial charge in [0.1, 0.15) is 5.75 Å². The molecule has 2 aromatic rings. The van der Waals surface area contributed by atoms with E-state index in [2.05, 4.69) is 21.2 Å². The van der Waals surface area contributed by atoms with Crippen molar-refractivity contribution in [2.75, 3.05) is 11.9 Å². The van der Waals surface area contributed by atoms with Crippen molar-refractivity contribution in [1.82, 2.24) is 0 Å². The second-order valence-corrected chi connectivity index (χ2v) is 5.80. The molecule has 0 fully saturated rings. The highest BCUT2D eigenvalue weighted by molar-refractivity contribution is 9.10. The fourth-order valence-electron chi connectivity index (χ4n) is 1.99. The predicted molar refractivity (Wildman–Crippen MR) is 95.3 cm³/mol. The zero-order chi connectivity index (χ0) is 17.5. The maximum atomic E-state index is 12.3. The van der Waals surface area contributed by atoms with Crippen molar-refractivity contribution in [1.29, 1.82) is 0 Å². The van der Waals surface area contributed by atoms with Gasteiger partial charge in [0, 0.05) is 4.47 Å². The highest BCUT2D eigenvalue weighted by Crippen LogP contribution is 2.24. The van der Waals surface area contributed by atoms with Crippen LogP contribution >= 0.6 is 15.9 Å². The van der Waals surface area contributed by atoms with E-state index in [1.807, 2.05) is 13.0 Å². The molecule has 0 aliphatic carbocycles. The normalized spacial score (nSPS) is 11.5. The van der Waals surface area contributed by atoms with E-state index in [9.17, 15) is 9.59 Å². The molecule has 0 aliphatic rings. The van der Waals surface area contributed by atoms with Gasteiger partial charge >= 0.3 is 5.97 Å². The number of anilines is 1. The monoisotopic (exact) mass is 391 g/mol. The minimum Gasteiger partial charge on any atom is -0.492 e. The molecule has 2 rings (SSSR count). The van der Waals surface area contributed by atoms with Gasteiger partial charge in [0.25, 0.3) is 5.91 Å². The average molecular weight is 392 g/mol. The van der Waals surface area contributed by atoms with Gasteiger partial charge in [-0.2, -0.15) is 0 Å². The molecule has 0 saturated carbocycles. The number of ether oxygens (including phenoxy) is 2. The van der Waals surface area contributed by atoms with E-state index >= 15 is 0 Å². The third-order valence-corrected chi connectivity index (χ3v) is 3.88. The summed E-state index contributed by atoms with van der Waals surface area (Å²) in [6.07, 6.45) is -0.945. The Morgan fingerprint density at radius 1 is 1.12 bits per heavy atom. The second kappa shape index (κ2) is 8.49. The van der Waals surface area contributed by atoms with Crippen molar-refractivity contribution in [3.8, 4) is 5.75 Å². The molecule has 1 N–H and O–H groups in total. The lowest BCUT2D eigenvalue weighted by Gasteiger charge is -2.16. The summed E-state index contributed by atoms with van der Waals surface area (Å²) in [5, 5.41) is 2.71. The number of halogens is 1. The van der Waals surface area contributed by atoms with Crippen LogP contribution in [0.15, 0.2) is 53.0 Å². The highest BCUT2D eigenvalue weighted by atomic mass is 79.9. The summed E-state index contributed by atoms with van der Waals surface area (Å²) in [5.74, 6) is -0.427. The van der Waals surface area contributed by atoms with Crippen molar-refractivity contribution in [3.05, 3.63) is 58.6 Å². The number of hydrogen-bond donors (Lipinski definition) is 1. The molecule has 24 heavy (non-hydrogen) atoms. The van der Waals surface area contributed by atoms with Crippen molar-refractivity contribution in [2.24, 2.45) is 0 Å². The van der Waals surface area contributed by atoms with E-state index in [1.54, 1.807) is 42.5 Å². The molecule has 5 nitrogen and oxygen atoms in total. The minimum absolute atomic E-state index is 0.367. The summed E-state index contributed by atoms with van der Waals surface area (Å²) in [6.45, 7) is 3.87. The Morgan fingerprint density at radius 3 is 2.50 bits per heavy atom. The van der Waals surface area contributed by atoms with Gasteiger partial charge in [0.05, 0.1) is 17.9 Å². The molecule has 0 bridgehead atoms. The van der Waals surface area contributed by atoms with Crippen LogP contribution in [0.1, 0.15) is 24.2 Å². The van der Waals surface area contributed by atoms with Gasteiger partial charge in [-0.3, -0.25) is 4.79 Å². The fourth-order valence-corrected chi connectivity index (χ4v) is 2.44. The maximum absolute atomic E-state index is 12.3. The standard InChI is InChI=1S/C18H18BrNO4/c1-3-23-16-11-7-6-10-15(16)20-17(21)12(2)24-18(22)13-8-4-5-9-14(13)19/h4-12H,3H2,1-2H3,(H,20,21)/t12-/m1/s1. The number of hydrogen-bond acceptors (Lipinski definition) is 4. The Labute approximate surface area is 149 Å². The van der Waals surface area contributed by atoms with Crippen molar-refractivity contribution in [2.45, 2.75) is 20.0 Å². The molecule has 0 saturated heterocycles. The van der Waals surface area contributed by atoms with Crippen LogP contribution in [0.5, 0.6) is 5.75 Å². The Bertz CT molecular complexity index is 732. The summed E-state index contributed by atoms with van der Waals surface area (Å²) in [5.41, 5.74) is 0.903. The van der Waals surface area contributed by atoms with E-state index < -0.39 is 18.0 Å². The first kappa shape index (κ1) is 18.0. The number of nitrogens with one attached hydrogen (secondary N) is 1. The fraction of sp³-hybridized carbons (Fsp3) is 0.222. The van der Waals surface area contributed by atoms with Gasteiger partial charge in [-0.25, -0.2) is 4.79 Å². The number of para-hydroxylation sites is 2. The molecular weight excluding hydrogens is 374 g/mol. The smallest absolute Gasteiger partial charge is 0.340 e. The van der Waals surface area contributed by atoms with E-state index in [-0.39, 0.29) is 0 Å². The largest absolute Gasteiger partial charge is 0.492 e. The quantitative estimate of drug-likeness (QED) is 0.754. The molecule has 0 aliphatic heterocycles. The molecule has 0 aromatic heterocycles. The number of carbonyl (C=O) groups excluding carboxylic acids is 2. The van der Waals surface area contributed by atoms with Crippen LogP contribution in [-0.4, -0.2) is 24.6 Å². The lowest BCUT2D eigenvalue weighted by molar-refractivity contribution is -0.123. The minimum atomic E-state index is -0.945. The SMILES string of the molecule is CCOc1ccccc1NC(=O)[C@@H](C)OC(=O)c1ccccc1Br. The molecule has 126 valence electrons. The van der Waals surface area contributed by atoms with E-state index in [4.69, 9.17) is 9.47 Å². The molecule has 0 unspecified atom stereocenters. The number of esters is 1. The third-order valence-electron chi connectivity index (χ3n) is 3.19. The Morgan fingerprint density at radius 2 is 1.79 bits per heavy atom. The van der Waals surface area contributed by atoms with Crippen LogP contribution in [-0.2, 0) is 9.53 Å². The van der Waals surface area contributed by atoms with E-state index in [0.717, 1.165) is 0 Å². The lowest BCUT2D eigenvalue weighted by Crippen LogP contribution is -2.30. The Balaban J connectivity index is 2.03. The van der Waals surface area contributed by atoms with Gasteiger partial charge in [-0.05, 0) is 54.0 Å². The van der Waals surface area contributed by atoms with E-state index in [0.29, 0.717) is 28.1 Å². The highest BCUT2D eigenvalue weighted by Gasteiger charge is 2.21. The van der Waals surface area contributed by atoms with Crippen LogP contribution < -0.4 is 10.1 Å². The first-order chi connectivity index (χ1) is 11.5. The molecule has 0 heterocycles. The van der Waals surface area contributed by atoms with Gasteiger partial charge in [-0.1, -0.05) is 24.3 Å². The van der Waals surface area contributed by atoms with Crippen LogP contribution in [0.4, 0.5) is 5.69 Å². The summed E-state index contributed by atoms with van der Waals surface area (Å²) in [4.78, 5) is 24.4. The first-order valence-electron chi connectivity index (χ1n) is 7.51. The molecular formula is C18H18BrNO4. The third kappa shape index (κ3) is 4.58. The molecule has 6 heteroatoms. The zero-order valence-electron chi connectivity index (χ0n) is 13.4. The first-order valence-corrected chi connectivity index (χ1v) is 8.30. The van der Waals surface area contributed by atoms with Crippen molar-refractivity contribution < 1.29 is 19.1 Å². The Hall–Kier alpha value is -2.34. The molecule has 0 spiro atoms. The van der Waals surface area contributed by atoms with Gasteiger partial charge in [-0.15, -0.1) is 0 Å². The Kier molecular flexibility index (Phi) is 6.37. The lowest BCUT2D eigenvalue weighted by atomic mass is 10.2. The number of rotatable bonds is 6. The van der Waals surface area contributed by atoms with Crippen LogP contribution in [0, 0.1) is 0 Å². The van der Waals surface area contributed by atoms with Crippen molar-refractivity contribution in [3.63, 3.8) is 0 Å². The summed E-state index contributed by atoms with van der Waals surface area (Å²) < 4.78 is 11.3. The van der Waals surface area contributed by atoms with Crippen LogP contribution in [0.25, 0.3) is 0 Å². The maximum Gasteiger partial charge on any atom is 0.340 e. The topological polar surface area (TPSA) is 64.6 Å². The summed E-state index contributed by atoms with van der Waals surface area (Å²) in [6, 6.07) is 14.0. The number of carbonyl (C=O) groups is 2. The zero-order valence-corrected chi connectivity index (χ0v) is 15.0. The molecule has 1 amide bonds. The van der Waals surface area contributed by atoms with Crippen LogP contribution in [0.2, 0.25) is 0 Å². The second-order valence-electron chi connectivity index (χ2n) is 4.95. The van der Waals surface area contributed by atoms with Gasteiger partial charge < -0.3 is 14.8 Å². The van der Waals surface area contributed by atoms with E-state index in [1.165, 1.54) is 6.92 Å². The summed E-state index contributed by atoms with van der Waals surface area (Å²) in [7, 11) is 0. The number of benzene rings is 2. The van der Waals surface area contributed by atoms with Gasteiger partial charge in [0.2, 0.25) is 0 Å². The molecule has 1 atom stereocenters. The van der Waals surface area contributed by atoms with Gasteiger partial charge in [0.15, 0.2) is 6.10 Å². The predicted octanol–water partition coefficient (Wildman–Crippen LogP) is 4.03.